The van der Waals surface area contributed by atoms with E-state index in [0.29, 0.717) is 6.42 Å². The van der Waals surface area contributed by atoms with Gasteiger partial charge in [0.2, 0.25) is 5.91 Å². The van der Waals surface area contributed by atoms with E-state index in [1.807, 2.05) is 35.0 Å². The van der Waals surface area contributed by atoms with E-state index in [0.717, 1.165) is 17.8 Å². The van der Waals surface area contributed by atoms with Crippen molar-refractivity contribution in [2.24, 2.45) is 5.73 Å². The van der Waals surface area contributed by atoms with Gasteiger partial charge in [0.15, 0.2) is 0 Å². The number of nitrogens with zero attached hydrogens (tertiary/aromatic N) is 3. The number of hydrogen-bond donors (Lipinski definition) is 1. The summed E-state index contributed by atoms with van der Waals surface area (Å²) in [6.07, 6.45) is 5.15. The van der Waals surface area contributed by atoms with Gasteiger partial charge in [-0.1, -0.05) is 6.07 Å². The average molecular weight is 244 g/mol. The van der Waals surface area contributed by atoms with Crippen molar-refractivity contribution in [2.75, 3.05) is 7.05 Å². The topological polar surface area (TPSA) is 63.6 Å². The Kier molecular flexibility index (Phi) is 2.56. The highest BCUT2D eigenvalue weighted by Gasteiger charge is 2.33. The molecule has 0 saturated carbocycles. The van der Waals surface area contributed by atoms with Crippen LogP contribution in [0.2, 0.25) is 0 Å². The minimum Gasteiger partial charge on any atom is -0.336 e. The number of nitrogens with two attached hydrogens (primary N) is 1. The smallest absolute Gasteiger partial charge is 0.222 e. The maximum absolute atomic E-state index is 11.8. The van der Waals surface area contributed by atoms with Gasteiger partial charge in [0.1, 0.15) is 5.65 Å². The quantitative estimate of drug-likeness (QED) is 0.812. The standard InChI is InChI=1S/C13H16N4O/c1-16-12(18)6-5-9(14)13(16)10-8-17-7-3-2-4-11(17)15-10/h2-4,7-9,13H,5-6,14H2,1H3. The Morgan fingerprint density at radius 2 is 2.28 bits per heavy atom. The van der Waals surface area contributed by atoms with E-state index >= 15 is 0 Å². The lowest BCUT2D eigenvalue weighted by Crippen LogP contribution is -2.46. The summed E-state index contributed by atoms with van der Waals surface area (Å²) in [5.74, 6) is 0.138. The van der Waals surface area contributed by atoms with Crippen LogP contribution in [0.1, 0.15) is 24.6 Å². The Bertz CT molecular complexity index is 558. The van der Waals surface area contributed by atoms with Gasteiger partial charge in [-0.2, -0.15) is 0 Å². The molecule has 1 saturated heterocycles. The summed E-state index contributed by atoms with van der Waals surface area (Å²) >= 11 is 0. The zero-order chi connectivity index (χ0) is 12.7. The van der Waals surface area contributed by atoms with Gasteiger partial charge in [-0.15, -0.1) is 0 Å². The number of aromatic nitrogens is 2. The van der Waals surface area contributed by atoms with Crippen LogP contribution in [0.4, 0.5) is 0 Å². The summed E-state index contributed by atoms with van der Waals surface area (Å²) in [6, 6.07) is 5.68. The molecule has 0 bridgehead atoms. The minimum absolute atomic E-state index is 0.0439. The summed E-state index contributed by atoms with van der Waals surface area (Å²) in [6.45, 7) is 0. The van der Waals surface area contributed by atoms with Gasteiger partial charge in [0.05, 0.1) is 11.7 Å². The van der Waals surface area contributed by atoms with E-state index < -0.39 is 0 Å². The summed E-state index contributed by atoms with van der Waals surface area (Å²) < 4.78 is 1.95. The fourth-order valence-electron chi connectivity index (χ4n) is 2.58. The number of fused-ring (bicyclic) bond motifs is 1. The Balaban J connectivity index is 2.04. The fourth-order valence-corrected chi connectivity index (χ4v) is 2.58. The number of hydrogen-bond acceptors (Lipinski definition) is 3. The normalized spacial score (nSPS) is 24.8. The molecular weight excluding hydrogens is 228 g/mol. The van der Waals surface area contributed by atoms with Crippen molar-refractivity contribution in [3.63, 3.8) is 0 Å². The Labute approximate surface area is 105 Å². The third-order valence-corrected chi connectivity index (χ3v) is 3.59. The number of imidazole rings is 1. The first-order valence-corrected chi connectivity index (χ1v) is 6.11. The summed E-state index contributed by atoms with van der Waals surface area (Å²) in [4.78, 5) is 18.1. The van der Waals surface area contributed by atoms with Gasteiger partial charge in [0, 0.05) is 31.9 Å². The van der Waals surface area contributed by atoms with Gasteiger partial charge >= 0.3 is 0 Å². The lowest BCUT2D eigenvalue weighted by molar-refractivity contribution is -0.135. The number of pyridine rings is 1. The number of carbonyl (C=O) groups excluding carboxylic acids is 1. The molecule has 2 aromatic rings. The van der Waals surface area contributed by atoms with E-state index in [-0.39, 0.29) is 18.0 Å². The molecule has 5 nitrogen and oxygen atoms in total. The van der Waals surface area contributed by atoms with Crippen LogP contribution in [0.25, 0.3) is 5.65 Å². The van der Waals surface area contributed by atoms with Crippen LogP contribution in [-0.2, 0) is 4.79 Å². The molecule has 2 N–H and O–H groups in total. The summed E-state index contributed by atoms with van der Waals surface area (Å²) in [7, 11) is 1.80. The molecule has 1 aliphatic rings. The van der Waals surface area contributed by atoms with Crippen molar-refractivity contribution < 1.29 is 4.79 Å². The number of piperidine rings is 1. The van der Waals surface area contributed by atoms with Crippen molar-refractivity contribution in [3.8, 4) is 0 Å². The highest BCUT2D eigenvalue weighted by Crippen LogP contribution is 2.29. The third kappa shape index (κ3) is 1.67. The second kappa shape index (κ2) is 4.10. The van der Waals surface area contributed by atoms with Gasteiger partial charge in [-0.05, 0) is 18.6 Å². The zero-order valence-electron chi connectivity index (χ0n) is 10.3. The van der Waals surface area contributed by atoms with Crippen LogP contribution >= 0.6 is 0 Å². The van der Waals surface area contributed by atoms with E-state index in [4.69, 9.17) is 5.73 Å². The van der Waals surface area contributed by atoms with Gasteiger partial charge in [-0.3, -0.25) is 4.79 Å². The SMILES string of the molecule is CN1C(=O)CCC(N)C1c1cn2ccccc2n1. The van der Waals surface area contributed by atoms with Gasteiger partial charge < -0.3 is 15.0 Å². The molecule has 0 spiro atoms. The maximum atomic E-state index is 11.8. The minimum atomic E-state index is -0.119. The lowest BCUT2D eigenvalue weighted by Gasteiger charge is -2.36. The predicted octanol–water partition coefficient (Wildman–Crippen LogP) is 0.955. The van der Waals surface area contributed by atoms with Gasteiger partial charge in [0.25, 0.3) is 0 Å². The highest BCUT2D eigenvalue weighted by molar-refractivity contribution is 5.77. The molecule has 18 heavy (non-hydrogen) atoms. The monoisotopic (exact) mass is 244 g/mol. The van der Waals surface area contributed by atoms with E-state index in [2.05, 4.69) is 4.98 Å². The van der Waals surface area contributed by atoms with Crippen LogP contribution in [0, 0.1) is 0 Å². The first kappa shape index (κ1) is 11.2. The molecule has 94 valence electrons. The van der Waals surface area contributed by atoms with Crippen molar-refractivity contribution in [3.05, 3.63) is 36.3 Å². The summed E-state index contributed by atoms with van der Waals surface area (Å²) in [5, 5.41) is 0. The molecule has 3 rings (SSSR count). The molecule has 0 radical (unpaired) electrons. The molecule has 2 atom stereocenters. The van der Waals surface area contributed by atoms with E-state index in [1.54, 1.807) is 11.9 Å². The second-order valence-electron chi connectivity index (χ2n) is 4.78. The number of likely N-dealkylation sites (N-methyl/N-ethyl adjacent to an activating group) is 1. The highest BCUT2D eigenvalue weighted by atomic mass is 16.2. The lowest BCUT2D eigenvalue weighted by atomic mass is 9.95. The van der Waals surface area contributed by atoms with Crippen LogP contribution in [0.15, 0.2) is 30.6 Å². The first-order valence-electron chi connectivity index (χ1n) is 6.11. The van der Waals surface area contributed by atoms with E-state index in [9.17, 15) is 4.79 Å². The average Bonchev–Trinajstić information content (AvgIpc) is 2.77. The van der Waals surface area contributed by atoms with Crippen molar-refractivity contribution in [2.45, 2.75) is 24.9 Å². The van der Waals surface area contributed by atoms with Crippen molar-refractivity contribution in [1.82, 2.24) is 14.3 Å². The van der Waals surface area contributed by atoms with Crippen LogP contribution < -0.4 is 5.73 Å². The number of rotatable bonds is 1. The Morgan fingerprint density at radius 3 is 3.06 bits per heavy atom. The molecule has 1 fully saturated rings. The van der Waals surface area contributed by atoms with Gasteiger partial charge in [-0.25, -0.2) is 4.98 Å². The molecule has 1 aliphatic heterocycles. The number of likely N-dealkylation sites (tertiary alicyclic amines) is 1. The maximum Gasteiger partial charge on any atom is 0.222 e. The molecule has 1 amide bonds. The second-order valence-corrected chi connectivity index (χ2v) is 4.78. The molecular formula is C13H16N4O. The predicted molar refractivity (Wildman–Crippen MR) is 67.9 cm³/mol. The third-order valence-electron chi connectivity index (χ3n) is 3.59. The molecule has 2 unspecified atom stereocenters. The first-order chi connectivity index (χ1) is 8.66. The fraction of sp³-hybridized carbons (Fsp3) is 0.385. The molecule has 2 aromatic heterocycles. The number of amides is 1. The molecule has 5 heteroatoms. The zero-order valence-corrected chi connectivity index (χ0v) is 10.3. The molecule has 0 aliphatic carbocycles. The van der Waals surface area contributed by atoms with Crippen molar-refractivity contribution in [1.29, 1.82) is 0 Å². The largest absolute Gasteiger partial charge is 0.336 e. The van der Waals surface area contributed by atoms with Crippen molar-refractivity contribution >= 4 is 11.6 Å². The Morgan fingerprint density at radius 1 is 1.44 bits per heavy atom. The van der Waals surface area contributed by atoms with Crippen LogP contribution in [0.3, 0.4) is 0 Å². The molecule has 0 aromatic carbocycles. The van der Waals surface area contributed by atoms with Crippen LogP contribution in [0.5, 0.6) is 0 Å². The van der Waals surface area contributed by atoms with Crippen LogP contribution in [-0.4, -0.2) is 33.3 Å². The summed E-state index contributed by atoms with van der Waals surface area (Å²) in [5.41, 5.74) is 7.89. The van der Waals surface area contributed by atoms with E-state index in [1.165, 1.54) is 0 Å². The number of carbonyl (C=O) groups is 1. The Hall–Kier alpha value is -1.88. The molecule has 3 heterocycles.